The van der Waals surface area contributed by atoms with Gasteiger partial charge in [0.05, 0.1) is 0 Å². The fourth-order valence-corrected chi connectivity index (χ4v) is 2.56. The monoisotopic (exact) mass is 341 g/mol. The molecule has 122 valence electrons. The Labute approximate surface area is 145 Å². The van der Waals surface area contributed by atoms with E-state index in [9.17, 15) is 4.39 Å². The third-order valence-electron chi connectivity index (χ3n) is 3.58. The van der Waals surface area contributed by atoms with Gasteiger partial charge in [0.25, 0.3) is 0 Å². The highest BCUT2D eigenvalue weighted by molar-refractivity contribution is 6.30. The van der Waals surface area contributed by atoms with Gasteiger partial charge in [-0.3, -0.25) is 0 Å². The van der Waals surface area contributed by atoms with Crippen LogP contribution in [0.5, 0.6) is 5.75 Å². The number of para-hydroxylation sites is 1. The molecule has 0 heterocycles. The first-order valence-electron chi connectivity index (χ1n) is 7.65. The molecule has 3 aromatic carbocycles. The van der Waals surface area contributed by atoms with E-state index in [1.807, 2.05) is 48.5 Å². The predicted molar refractivity (Wildman–Crippen MR) is 96.0 cm³/mol. The van der Waals surface area contributed by atoms with Crippen LogP contribution in [-0.4, -0.2) is 0 Å². The van der Waals surface area contributed by atoms with E-state index in [-0.39, 0.29) is 5.82 Å². The minimum Gasteiger partial charge on any atom is -0.489 e. The number of hydrogen-bond donors (Lipinski definition) is 1. The van der Waals surface area contributed by atoms with Gasteiger partial charge >= 0.3 is 0 Å². The summed E-state index contributed by atoms with van der Waals surface area (Å²) in [7, 11) is 0. The molecule has 0 saturated carbocycles. The molecule has 0 spiro atoms. The number of anilines is 1. The van der Waals surface area contributed by atoms with Crippen molar-refractivity contribution in [2.45, 2.75) is 13.2 Å². The van der Waals surface area contributed by atoms with Gasteiger partial charge in [-0.05, 0) is 48.0 Å². The van der Waals surface area contributed by atoms with Crippen LogP contribution in [0.3, 0.4) is 0 Å². The highest BCUT2D eigenvalue weighted by atomic mass is 35.5. The van der Waals surface area contributed by atoms with E-state index < -0.39 is 0 Å². The summed E-state index contributed by atoms with van der Waals surface area (Å²) in [5, 5.41) is 3.96. The van der Waals surface area contributed by atoms with Gasteiger partial charge in [0.15, 0.2) is 0 Å². The Morgan fingerprint density at radius 3 is 2.50 bits per heavy atom. The standard InChI is InChI=1S/C20H17ClFNO/c21-17-6-3-4-15(12-17)14-24-20-7-2-1-5-16(20)13-23-19-10-8-18(22)9-11-19/h1-12,23H,13-14H2. The molecule has 0 bridgehead atoms. The van der Waals surface area contributed by atoms with Crippen LogP contribution in [0.2, 0.25) is 5.02 Å². The van der Waals surface area contributed by atoms with Gasteiger partial charge in [0.2, 0.25) is 0 Å². The second kappa shape index (κ2) is 7.84. The molecule has 0 atom stereocenters. The van der Waals surface area contributed by atoms with E-state index in [0.717, 1.165) is 22.6 Å². The smallest absolute Gasteiger partial charge is 0.124 e. The zero-order valence-corrected chi connectivity index (χ0v) is 13.8. The highest BCUT2D eigenvalue weighted by Crippen LogP contribution is 2.21. The van der Waals surface area contributed by atoms with Crippen molar-refractivity contribution in [3.63, 3.8) is 0 Å². The number of nitrogens with one attached hydrogen (secondary N) is 1. The van der Waals surface area contributed by atoms with E-state index in [0.29, 0.717) is 18.2 Å². The lowest BCUT2D eigenvalue weighted by Gasteiger charge is -2.13. The second-order valence-electron chi connectivity index (χ2n) is 5.39. The summed E-state index contributed by atoms with van der Waals surface area (Å²) in [6.07, 6.45) is 0. The van der Waals surface area contributed by atoms with Crippen molar-refractivity contribution in [3.05, 3.63) is 94.8 Å². The van der Waals surface area contributed by atoms with Crippen LogP contribution in [0.15, 0.2) is 72.8 Å². The Kier molecular flexibility index (Phi) is 5.34. The number of ether oxygens (including phenoxy) is 1. The molecule has 3 aromatic rings. The predicted octanol–water partition coefficient (Wildman–Crippen LogP) is 5.67. The van der Waals surface area contributed by atoms with Crippen LogP contribution in [0.25, 0.3) is 0 Å². The van der Waals surface area contributed by atoms with E-state index in [4.69, 9.17) is 16.3 Å². The summed E-state index contributed by atoms with van der Waals surface area (Å²) in [5.41, 5.74) is 2.91. The fraction of sp³-hybridized carbons (Fsp3) is 0.100. The van der Waals surface area contributed by atoms with Crippen molar-refractivity contribution in [1.82, 2.24) is 0 Å². The maximum atomic E-state index is 12.9. The van der Waals surface area contributed by atoms with Crippen LogP contribution in [0.1, 0.15) is 11.1 Å². The molecular weight excluding hydrogens is 325 g/mol. The number of halogens is 2. The highest BCUT2D eigenvalue weighted by Gasteiger charge is 2.04. The fourth-order valence-electron chi connectivity index (χ4n) is 2.34. The van der Waals surface area contributed by atoms with Crippen molar-refractivity contribution in [2.75, 3.05) is 5.32 Å². The Morgan fingerprint density at radius 1 is 0.917 bits per heavy atom. The number of benzene rings is 3. The summed E-state index contributed by atoms with van der Waals surface area (Å²) >= 11 is 5.99. The van der Waals surface area contributed by atoms with Crippen LogP contribution in [0, 0.1) is 5.82 Å². The van der Waals surface area contributed by atoms with Crippen molar-refractivity contribution in [3.8, 4) is 5.75 Å². The average Bonchev–Trinajstić information content (AvgIpc) is 2.60. The molecule has 0 saturated heterocycles. The van der Waals surface area contributed by atoms with Crippen LogP contribution >= 0.6 is 11.6 Å². The van der Waals surface area contributed by atoms with E-state index in [1.165, 1.54) is 12.1 Å². The maximum absolute atomic E-state index is 12.9. The summed E-state index contributed by atoms with van der Waals surface area (Å²) < 4.78 is 18.9. The molecule has 24 heavy (non-hydrogen) atoms. The quantitative estimate of drug-likeness (QED) is 0.623. The summed E-state index contributed by atoms with van der Waals surface area (Å²) in [4.78, 5) is 0. The molecule has 0 aliphatic heterocycles. The summed E-state index contributed by atoms with van der Waals surface area (Å²) in [6, 6.07) is 21.8. The molecule has 0 aromatic heterocycles. The Morgan fingerprint density at radius 2 is 1.71 bits per heavy atom. The molecule has 2 nitrogen and oxygen atoms in total. The molecule has 1 N–H and O–H groups in total. The van der Waals surface area contributed by atoms with Crippen molar-refractivity contribution in [2.24, 2.45) is 0 Å². The van der Waals surface area contributed by atoms with Crippen molar-refractivity contribution < 1.29 is 9.13 Å². The van der Waals surface area contributed by atoms with Crippen LogP contribution in [0.4, 0.5) is 10.1 Å². The molecule has 4 heteroatoms. The molecular formula is C20H17ClFNO. The molecule has 0 unspecified atom stereocenters. The zero-order valence-electron chi connectivity index (χ0n) is 13.0. The lowest BCUT2D eigenvalue weighted by molar-refractivity contribution is 0.303. The van der Waals surface area contributed by atoms with E-state index in [2.05, 4.69) is 5.32 Å². The van der Waals surface area contributed by atoms with E-state index >= 15 is 0 Å². The Bertz CT molecular complexity index is 805. The first-order valence-corrected chi connectivity index (χ1v) is 8.03. The van der Waals surface area contributed by atoms with Crippen LogP contribution in [-0.2, 0) is 13.2 Å². The number of hydrogen-bond acceptors (Lipinski definition) is 2. The third kappa shape index (κ3) is 4.49. The molecule has 0 aliphatic carbocycles. The molecule has 3 rings (SSSR count). The maximum Gasteiger partial charge on any atom is 0.124 e. The first-order chi connectivity index (χ1) is 11.7. The summed E-state index contributed by atoms with van der Waals surface area (Å²) in [5.74, 6) is 0.567. The van der Waals surface area contributed by atoms with Crippen molar-refractivity contribution in [1.29, 1.82) is 0 Å². The van der Waals surface area contributed by atoms with Gasteiger partial charge in [-0.15, -0.1) is 0 Å². The normalized spacial score (nSPS) is 10.4. The van der Waals surface area contributed by atoms with Crippen LogP contribution < -0.4 is 10.1 Å². The first kappa shape index (κ1) is 16.3. The number of rotatable bonds is 6. The largest absolute Gasteiger partial charge is 0.489 e. The Hall–Kier alpha value is -2.52. The van der Waals surface area contributed by atoms with Gasteiger partial charge < -0.3 is 10.1 Å². The molecule has 0 fully saturated rings. The Balaban J connectivity index is 1.65. The van der Waals surface area contributed by atoms with Crippen molar-refractivity contribution >= 4 is 17.3 Å². The molecule has 0 amide bonds. The van der Waals surface area contributed by atoms with Gasteiger partial charge in [0, 0.05) is 22.8 Å². The van der Waals surface area contributed by atoms with Gasteiger partial charge in [-0.1, -0.05) is 41.9 Å². The van der Waals surface area contributed by atoms with Gasteiger partial charge in [0.1, 0.15) is 18.2 Å². The summed E-state index contributed by atoms with van der Waals surface area (Å²) in [6.45, 7) is 1.05. The lowest BCUT2D eigenvalue weighted by atomic mass is 10.2. The van der Waals surface area contributed by atoms with Gasteiger partial charge in [-0.25, -0.2) is 4.39 Å². The minimum absolute atomic E-state index is 0.245. The third-order valence-corrected chi connectivity index (χ3v) is 3.82. The van der Waals surface area contributed by atoms with Gasteiger partial charge in [-0.2, -0.15) is 0 Å². The second-order valence-corrected chi connectivity index (χ2v) is 5.82. The zero-order chi connectivity index (χ0) is 16.8. The van der Waals surface area contributed by atoms with E-state index in [1.54, 1.807) is 12.1 Å². The topological polar surface area (TPSA) is 21.3 Å². The lowest BCUT2D eigenvalue weighted by Crippen LogP contribution is -2.03. The SMILES string of the molecule is Fc1ccc(NCc2ccccc2OCc2cccc(Cl)c2)cc1. The molecule has 0 aliphatic rings. The minimum atomic E-state index is -0.245. The molecule has 0 radical (unpaired) electrons. The average molecular weight is 342 g/mol.